The number of carbonyl (C=O) groups excluding carboxylic acids is 2. The Morgan fingerprint density at radius 2 is 1.68 bits per heavy atom. The third kappa shape index (κ3) is 7.74. The van der Waals surface area contributed by atoms with E-state index in [0.717, 1.165) is 84.1 Å². The van der Waals surface area contributed by atoms with E-state index < -0.39 is 0 Å². The van der Waals surface area contributed by atoms with Gasteiger partial charge in [-0.1, -0.05) is 35.3 Å². The predicted molar refractivity (Wildman–Crippen MR) is 163 cm³/mol. The molecule has 5 rings (SSSR count). The van der Waals surface area contributed by atoms with Crippen LogP contribution >= 0.6 is 23.2 Å². The zero-order valence-electron chi connectivity index (χ0n) is 23.5. The summed E-state index contributed by atoms with van der Waals surface area (Å²) in [5.41, 5.74) is 2.47. The minimum atomic E-state index is -0.153. The summed E-state index contributed by atoms with van der Waals surface area (Å²) in [6.45, 7) is 4.81. The smallest absolute Gasteiger partial charge is 0.322 e. The van der Waals surface area contributed by atoms with Gasteiger partial charge in [-0.2, -0.15) is 5.26 Å². The van der Waals surface area contributed by atoms with E-state index in [9.17, 15) is 14.9 Å². The van der Waals surface area contributed by atoms with Crippen LogP contribution in [0.2, 0.25) is 10.0 Å². The summed E-state index contributed by atoms with van der Waals surface area (Å²) in [7, 11) is 0. The summed E-state index contributed by atoms with van der Waals surface area (Å²) in [4.78, 5) is 33.1. The first-order valence-corrected chi connectivity index (χ1v) is 15.7. The SMILES string of the molecule is N#Cc1cccc([C@H]2CC[C@@H](N(CCN3CCCC(C(=O)N4CCCC4)C3)C(=O)Nc3cc(Cl)cc(Cl)c3)CC2)c1. The number of nitrogens with zero attached hydrogens (tertiary/aromatic N) is 4. The number of amides is 3. The Bertz CT molecular complexity index is 1250. The van der Waals surface area contributed by atoms with Crippen molar-refractivity contribution in [2.75, 3.05) is 44.6 Å². The van der Waals surface area contributed by atoms with E-state index in [2.05, 4.69) is 22.4 Å². The second-order valence-corrected chi connectivity index (χ2v) is 12.6. The normalized spacial score (nSPS) is 23.1. The Morgan fingerprint density at radius 3 is 2.39 bits per heavy atom. The topological polar surface area (TPSA) is 79.7 Å². The standard InChI is InChI=1S/C32H39Cl2N5O2/c33-27-18-28(34)20-29(19-27)36-32(41)39(30-10-8-24(9-11-30)25-6-3-5-23(17-25)21-35)16-15-37-12-4-7-26(22-37)31(40)38-13-1-2-14-38/h3,5-6,17-20,24,26,30H,1-2,4,7-16,22H2,(H,36,41)/t24-,26?,30+. The molecule has 1 saturated carbocycles. The molecule has 2 aromatic rings. The number of carbonyl (C=O) groups is 2. The third-order valence-electron chi connectivity index (χ3n) is 8.93. The average Bonchev–Trinajstić information content (AvgIpc) is 3.52. The average molecular weight is 597 g/mol. The van der Waals surface area contributed by atoms with Gasteiger partial charge in [0.2, 0.25) is 5.91 Å². The van der Waals surface area contributed by atoms with Gasteiger partial charge in [0.05, 0.1) is 17.6 Å². The third-order valence-corrected chi connectivity index (χ3v) is 9.37. The van der Waals surface area contributed by atoms with Crippen molar-refractivity contribution >= 4 is 40.8 Å². The first-order chi connectivity index (χ1) is 19.9. The van der Waals surface area contributed by atoms with E-state index in [1.807, 2.05) is 28.0 Å². The summed E-state index contributed by atoms with van der Waals surface area (Å²) in [5.74, 6) is 0.742. The van der Waals surface area contributed by atoms with Crippen LogP contribution in [0.5, 0.6) is 0 Å². The predicted octanol–water partition coefficient (Wildman–Crippen LogP) is 6.76. The summed E-state index contributed by atoms with van der Waals surface area (Å²) in [5, 5.41) is 13.3. The lowest BCUT2D eigenvalue weighted by Gasteiger charge is -2.39. The molecule has 0 spiro atoms. The number of benzene rings is 2. The van der Waals surface area contributed by atoms with Crippen LogP contribution in [0.25, 0.3) is 0 Å². The molecule has 1 unspecified atom stereocenters. The van der Waals surface area contributed by atoms with E-state index >= 15 is 0 Å². The van der Waals surface area contributed by atoms with Crippen LogP contribution in [0.4, 0.5) is 10.5 Å². The first-order valence-electron chi connectivity index (χ1n) is 14.9. The lowest BCUT2D eigenvalue weighted by molar-refractivity contribution is -0.136. The number of rotatable bonds is 7. The summed E-state index contributed by atoms with van der Waals surface area (Å²) >= 11 is 12.4. The molecule has 2 aliphatic heterocycles. The maximum Gasteiger partial charge on any atom is 0.322 e. The van der Waals surface area contributed by atoms with Gasteiger partial charge in [0.25, 0.3) is 0 Å². The van der Waals surface area contributed by atoms with E-state index in [4.69, 9.17) is 23.2 Å². The molecule has 7 nitrogen and oxygen atoms in total. The van der Waals surface area contributed by atoms with E-state index in [1.54, 1.807) is 18.2 Å². The minimum Gasteiger partial charge on any atom is -0.342 e. The van der Waals surface area contributed by atoms with Crippen molar-refractivity contribution in [3.63, 3.8) is 0 Å². The van der Waals surface area contributed by atoms with Crippen molar-refractivity contribution < 1.29 is 9.59 Å². The minimum absolute atomic E-state index is 0.0531. The Labute approximate surface area is 253 Å². The quantitative estimate of drug-likeness (QED) is 0.383. The van der Waals surface area contributed by atoms with Crippen molar-refractivity contribution in [2.24, 2.45) is 5.92 Å². The second kappa shape index (κ2) is 13.9. The number of likely N-dealkylation sites (tertiary alicyclic amines) is 2. The van der Waals surface area contributed by atoms with Gasteiger partial charge in [-0.25, -0.2) is 4.79 Å². The molecule has 9 heteroatoms. The summed E-state index contributed by atoms with van der Waals surface area (Å²) < 4.78 is 0. The number of halogens is 2. The molecule has 3 fully saturated rings. The van der Waals surface area contributed by atoms with Gasteiger partial charge < -0.3 is 20.0 Å². The van der Waals surface area contributed by atoms with E-state index in [1.165, 1.54) is 5.56 Å². The van der Waals surface area contributed by atoms with Crippen molar-refractivity contribution in [2.45, 2.75) is 63.3 Å². The van der Waals surface area contributed by atoms with Crippen molar-refractivity contribution in [1.82, 2.24) is 14.7 Å². The zero-order chi connectivity index (χ0) is 28.8. The molecule has 218 valence electrons. The molecule has 2 aromatic carbocycles. The largest absolute Gasteiger partial charge is 0.342 e. The van der Waals surface area contributed by atoms with E-state index in [-0.39, 0.29) is 18.0 Å². The molecule has 0 radical (unpaired) electrons. The molecular weight excluding hydrogens is 557 g/mol. The number of hydrogen-bond acceptors (Lipinski definition) is 4. The van der Waals surface area contributed by atoms with Crippen molar-refractivity contribution in [1.29, 1.82) is 5.26 Å². The van der Waals surface area contributed by atoms with E-state index in [0.29, 0.717) is 39.7 Å². The molecule has 41 heavy (non-hydrogen) atoms. The first kappa shape index (κ1) is 29.7. The number of anilines is 1. The number of hydrogen-bond donors (Lipinski definition) is 1. The monoisotopic (exact) mass is 595 g/mol. The van der Waals surface area contributed by atoms with Crippen LogP contribution in [-0.4, -0.2) is 71.9 Å². The Hall–Kier alpha value is -2.79. The molecule has 0 aromatic heterocycles. The van der Waals surface area contributed by atoms with Gasteiger partial charge in [0.15, 0.2) is 0 Å². The highest BCUT2D eigenvalue weighted by molar-refractivity contribution is 6.35. The molecule has 1 N–H and O–H groups in total. The van der Waals surface area contributed by atoms with Gasteiger partial charge in [-0.3, -0.25) is 4.79 Å². The fourth-order valence-electron chi connectivity index (χ4n) is 6.76. The van der Waals surface area contributed by atoms with Crippen molar-refractivity contribution in [3.8, 4) is 6.07 Å². The lowest BCUT2D eigenvalue weighted by atomic mass is 9.81. The molecule has 1 aliphatic carbocycles. The van der Waals surface area contributed by atoms with Crippen LogP contribution in [0.1, 0.15) is 68.4 Å². The zero-order valence-corrected chi connectivity index (χ0v) is 25.0. The second-order valence-electron chi connectivity index (χ2n) is 11.7. The van der Waals surface area contributed by atoms with Gasteiger partial charge >= 0.3 is 6.03 Å². The van der Waals surface area contributed by atoms with Crippen molar-refractivity contribution in [3.05, 3.63) is 63.6 Å². The van der Waals surface area contributed by atoms with Crippen LogP contribution in [-0.2, 0) is 4.79 Å². The highest BCUT2D eigenvalue weighted by atomic mass is 35.5. The summed E-state index contributed by atoms with van der Waals surface area (Å²) in [6, 6.07) is 15.2. The van der Waals surface area contributed by atoms with Crippen LogP contribution in [0, 0.1) is 17.2 Å². The fraction of sp³-hybridized carbons (Fsp3) is 0.531. The molecule has 2 heterocycles. The van der Waals surface area contributed by atoms with Gasteiger partial charge in [-0.05, 0) is 99.7 Å². The number of nitriles is 1. The summed E-state index contributed by atoms with van der Waals surface area (Å²) in [6.07, 6.45) is 7.87. The highest BCUT2D eigenvalue weighted by Gasteiger charge is 2.33. The van der Waals surface area contributed by atoms with Gasteiger partial charge in [0, 0.05) is 54.5 Å². The molecule has 1 atom stereocenters. The Kier molecular flexibility index (Phi) is 10.1. The molecular formula is C32H39Cl2N5O2. The Morgan fingerprint density at radius 1 is 0.951 bits per heavy atom. The maximum absolute atomic E-state index is 13.7. The number of piperidine rings is 1. The number of nitrogens with one attached hydrogen (secondary N) is 1. The van der Waals surface area contributed by atoms with Crippen LogP contribution in [0.3, 0.4) is 0 Å². The lowest BCUT2D eigenvalue weighted by Crippen LogP contribution is -2.50. The van der Waals surface area contributed by atoms with Gasteiger partial charge in [0.1, 0.15) is 0 Å². The number of urea groups is 1. The van der Waals surface area contributed by atoms with Gasteiger partial charge in [-0.15, -0.1) is 0 Å². The molecule has 0 bridgehead atoms. The highest BCUT2D eigenvalue weighted by Crippen LogP contribution is 2.35. The van der Waals surface area contributed by atoms with Crippen LogP contribution in [0.15, 0.2) is 42.5 Å². The molecule has 3 aliphatic rings. The maximum atomic E-state index is 13.7. The molecule has 2 saturated heterocycles. The fourth-order valence-corrected chi connectivity index (χ4v) is 7.29. The Balaban J connectivity index is 1.25. The molecule has 3 amide bonds. The van der Waals surface area contributed by atoms with Crippen LogP contribution < -0.4 is 5.32 Å².